The van der Waals surface area contributed by atoms with Crippen LogP contribution in [0.15, 0.2) is 24.3 Å². The summed E-state index contributed by atoms with van der Waals surface area (Å²) in [5.41, 5.74) is 11.5. The van der Waals surface area contributed by atoms with Crippen molar-refractivity contribution in [3.8, 4) is 0 Å². The molecule has 1 saturated carbocycles. The Balaban J connectivity index is 1.87. The summed E-state index contributed by atoms with van der Waals surface area (Å²) in [6, 6.07) is 7.41. The first-order valence-corrected chi connectivity index (χ1v) is 7.08. The van der Waals surface area contributed by atoms with Gasteiger partial charge >= 0.3 is 6.03 Å². The summed E-state index contributed by atoms with van der Waals surface area (Å²) in [6.07, 6.45) is 6.73. The number of urea groups is 1. The van der Waals surface area contributed by atoms with E-state index in [-0.39, 0.29) is 12.3 Å². The van der Waals surface area contributed by atoms with E-state index in [1.165, 1.54) is 37.7 Å². The smallest absolute Gasteiger partial charge is 0.330 e. The molecule has 0 aromatic heterocycles. The molecule has 0 spiro atoms. The van der Waals surface area contributed by atoms with Gasteiger partial charge in [0.2, 0.25) is 5.91 Å². The number of amides is 3. The number of primary amides is 1. The molecule has 1 aromatic carbocycles. The highest BCUT2D eigenvalue weighted by Gasteiger charge is 2.15. The molecule has 5 nitrogen and oxygen atoms in total. The second-order valence-corrected chi connectivity index (χ2v) is 5.29. The van der Waals surface area contributed by atoms with Crippen molar-refractivity contribution in [1.82, 2.24) is 10.9 Å². The third kappa shape index (κ3) is 4.26. The van der Waals surface area contributed by atoms with E-state index in [1.807, 2.05) is 12.1 Å². The maximum absolute atomic E-state index is 11.5. The Morgan fingerprint density at radius 2 is 1.70 bits per heavy atom. The van der Waals surface area contributed by atoms with E-state index in [0.717, 1.165) is 5.56 Å². The Labute approximate surface area is 118 Å². The van der Waals surface area contributed by atoms with Crippen LogP contribution in [0.4, 0.5) is 4.79 Å². The minimum atomic E-state index is -0.772. The monoisotopic (exact) mass is 275 g/mol. The lowest BCUT2D eigenvalue weighted by molar-refractivity contribution is -0.121. The Morgan fingerprint density at radius 3 is 2.30 bits per heavy atom. The number of nitrogens with two attached hydrogens (primary N) is 1. The highest BCUT2D eigenvalue weighted by Crippen LogP contribution is 2.32. The van der Waals surface area contributed by atoms with E-state index in [2.05, 4.69) is 23.0 Å². The number of benzene rings is 1. The Hall–Kier alpha value is -2.04. The fourth-order valence-electron chi connectivity index (χ4n) is 2.70. The van der Waals surface area contributed by atoms with Crippen molar-refractivity contribution in [1.29, 1.82) is 0 Å². The molecule has 3 amide bonds. The molecule has 1 aliphatic carbocycles. The van der Waals surface area contributed by atoms with E-state index in [9.17, 15) is 9.59 Å². The molecule has 1 fully saturated rings. The predicted octanol–water partition coefficient (Wildman–Crippen LogP) is 1.98. The van der Waals surface area contributed by atoms with Crippen LogP contribution in [0.3, 0.4) is 0 Å². The lowest BCUT2D eigenvalue weighted by atomic mass is 9.84. The average Bonchev–Trinajstić information content (AvgIpc) is 2.47. The Bertz CT molecular complexity index is 465. The van der Waals surface area contributed by atoms with Crippen LogP contribution in [0.2, 0.25) is 0 Å². The van der Waals surface area contributed by atoms with Crippen molar-refractivity contribution in [3.05, 3.63) is 35.4 Å². The number of hydrogen-bond acceptors (Lipinski definition) is 2. The Morgan fingerprint density at radius 1 is 1.05 bits per heavy atom. The number of carbonyl (C=O) groups is 2. The first-order chi connectivity index (χ1) is 9.65. The number of carbonyl (C=O) groups excluding carboxylic acids is 2. The molecule has 108 valence electrons. The van der Waals surface area contributed by atoms with Crippen molar-refractivity contribution in [2.24, 2.45) is 5.73 Å². The third-order valence-corrected chi connectivity index (χ3v) is 3.75. The van der Waals surface area contributed by atoms with E-state index in [1.54, 1.807) is 0 Å². The second kappa shape index (κ2) is 6.93. The van der Waals surface area contributed by atoms with Crippen molar-refractivity contribution >= 4 is 11.9 Å². The molecule has 4 N–H and O–H groups in total. The highest BCUT2D eigenvalue weighted by molar-refractivity contribution is 5.81. The first kappa shape index (κ1) is 14.4. The maximum atomic E-state index is 11.5. The molecule has 0 aliphatic heterocycles. The van der Waals surface area contributed by atoms with Crippen LogP contribution in [0.25, 0.3) is 0 Å². The van der Waals surface area contributed by atoms with Gasteiger partial charge in [0.25, 0.3) is 0 Å². The minimum absolute atomic E-state index is 0.227. The summed E-state index contributed by atoms with van der Waals surface area (Å²) in [5.74, 6) is 0.386. The SMILES string of the molecule is NC(=O)NNC(=O)Cc1ccc(C2CCCCC2)cc1. The van der Waals surface area contributed by atoms with Gasteiger partial charge in [-0.15, -0.1) is 0 Å². The standard InChI is InChI=1S/C15H21N3O2/c16-15(20)18-17-14(19)10-11-6-8-13(9-7-11)12-4-2-1-3-5-12/h6-9,12H,1-5,10H2,(H,17,19)(H3,16,18,20). The van der Waals surface area contributed by atoms with Crippen LogP contribution < -0.4 is 16.6 Å². The van der Waals surface area contributed by atoms with Gasteiger partial charge in [-0.05, 0) is 29.9 Å². The van der Waals surface area contributed by atoms with Gasteiger partial charge in [0, 0.05) is 0 Å². The second-order valence-electron chi connectivity index (χ2n) is 5.29. The molecule has 1 aromatic rings. The molecule has 0 radical (unpaired) electrons. The summed E-state index contributed by atoms with van der Waals surface area (Å²) >= 11 is 0. The zero-order chi connectivity index (χ0) is 14.4. The number of hydrazine groups is 1. The quantitative estimate of drug-likeness (QED) is 0.737. The van der Waals surface area contributed by atoms with Crippen LogP contribution >= 0.6 is 0 Å². The minimum Gasteiger partial charge on any atom is -0.350 e. The van der Waals surface area contributed by atoms with Crippen molar-refractivity contribution < 1.29 is 9.59 Å². The molecule has 0 atom stereocenters. The summed E-state index contributed by atoms with van der Waals surface area (Å²) in [5, 5.41) is 0. The molecular formula is C15H21N3O2. The van der Waals surface area contributed by atoms with Crippen molar-refractivity contribution in [2.75, 3.05) is 0 Å². The molecule has 20 heavy (non-hydrogen) atoms. The molecular weight excluding hydrogens is 254 g/mol. The fourth-order valence-corrected chi connectivity index (χ4v) is 2.70. The van der Waals surface area contributed by atoms with Crippen LogP contribution in [-0.4, -0.2) is 11.9 Å². The zero-order valence-electron chi connectivity index (χ0n) is 11.5. The number of nitrogens with one attached hydrogen (secondary N) is 2. The maximum Gasteiger partial charge on any atom is 0.330 e. The van der Waals surface area contributed by atoms with Gasteiger partial charge in [-0.2, -0.15) is 0 Å². The lowest BCUT2D eigenvalue weighted by Gasteiger charge is -2.22. The van der Waals surface area contributed by atoms with Crippen molar-refractivity contribution in [2.45, 2.75) is 44.4 Å². The van der Waals surface area contributed by atoms with Crippen LogP contribution in [0.5, 0.6) is 0 Å². The molecule has 0 heterocycles. The molecule has 1 aliphatic rings. The van der Waals surface area contributed by atoms with E-state index >= 15 is 0 Å². The topological polar surface area (TPSA) is 84.2 Å². The van der Waals surface area contributed by atoms with Gasteiger partial charge in [0.15, 0.2) is 0 Å². The van der Waals surface area contributed by atoms with Gasteiger partial charge in [0.1, 0.15) is 0 Å². The summed E-state index contributed by atoms with van der Waals surface area (Å²) in [4.78, 5) is 22.0. The third-order valence-electron chi connectivity index (χ3n) is 3.75. The zero-order valence-corrected chi connectivity index (χ0v) is 11.5. The van der Waals surface area contributed by atoms with E-state index < -0.39 is 6.03 Å². The number of rotatable bonds is 3. The first-order valence-electron chi connectivity index (χ1n) is 7.08. The molecule has 0 saturated heterocycles. The largest absolute Gasteiger partial charge is 0.350 e. The van der Waals surface area contributed by atoms with Crippen LogP contribution in [-0.2, 0) is 11.2 Å². The fraction of sp³-hybridized carbons (Fsp3) is 0.467. The molecule has 0 unspecified atom stereocenters. The normalized spacial score (nSPS) is 15.6. The van der Waals surface area contributed by atoms with Gasteiger partial charge in [0.05, 0.1) is 6.42 Å². The summed E-state index contributed by atoms with van der Waals surface area (Å²) < 4.78 is 0. The average molecular weight is 275 g/mol. The number of hydrogen-bond donors (Lipinski definition) is 3. The predicted molar refractivity (Wildman–Crippen MR) is 76.8 cm³/mol. The highest BCUT2D eigenvalue weighted by atomic mass is 16.2. The van der Waals surface area contributed by atoms with Gasteiger partial charge in [-0.1, -0.05) is 43.5 Å². The van der Waals surface area contributed by atoms with Crippen LogP contribution in [0.1, 0.15) is 49.1 Å². The van der Waals surface area contributed by atoms with Gasteiger partial charge < -0.3 is 5.73 Å². The summed E-state index contributed by atoms with van der Waals surface area (Å²) in [7, 11) is 0. The molecule has 0 bridgehead atoms. The summed E-state index contributed by atoms with van der Waals surface area (Å²) in [6.45, 7) is 0. The van der Waals surface area contributed by atoms with E-state index in [0.29, 0.717) is 5.92 Å². The molecule has 5 heteroatoms. The van der Waals surface area contributed by atoms with Crippen molar-refractivity contribution in [3.63, 3.8) is 0 Å². The van der Waals surface area contributed by atoms with E-state index in [4.69, 9.17) is 5.73 Å². The Kier molecular flexibility index (Phi) is 4.98. The van der Waals surface area contributed by atoms with Gasteiger partial charge in [-0.3, -0.25) is 10.2 Å². The van der Waals surface area contributed by atoms with Crippen LogP contribution in [0, 0.1) is 0 Å². The lowest BCUT2D eigenvalue weighted by Crippen LogP contribution is -2.45. The van der Waals surface area contributed by atoms with Gasteiger partial charge in [-0.25, -0.2) is 10.2 Å². The molecule has 2 rings (SSSR count).